The van der Waals surface area contributed by atoms with Gasteiger partial charge in [-0.1, -0.05) is 35.9 Å². The van der Waals surface area contributed by atoms with E-state index in [4.69, 9.17) is 4.74 Å². The van der Waals surface area contributed by atoms with E-state index in [0.29, 0.717) is 18.7 Å². The molecule has 1 heterocycles. The van der Waals surface area contributed by atoms with Gasteiger partial charge in [0.25, 0.3) is 11.8 Å². The first kappa shape index (κ1) is 22.3. The quantitative estimate of drug-likeness (QED) is 0.722. The van der Waals surface area contributed by atoms with E-state index in [1.165, 1.54) is 0 Å². The van der Waals surface area contributed by atoms with Crippen molar-refractivity contribution in [2.24, 2.45) is 0 Å². The highest BCUT2D eigenvalue weighted by Crippen LogP contribution is 2.16. The maximum absolute atomic E-state index is 12.7. The Kier molecular flexibility index (Phi) is 7.28. The number of carbonyl (C=O) groups excluding carboxylic acids is 3. The average molecular weight is 424 g/mol. The van der Waals surface area contributed by atoms with Crippen LogP contribution in [0.25, 0.3) is 0 Å². The molecule has 1 N–H and O–H groups in total. The fourth-order valence-corrected chi connectivity index (χ4v) is 3.53. The molecule has 7 nitrogen and oxygen atoms in total. The number of hydrogen-bond donors (Lipinski definition) is 1. The van der Waals surface area contributed by atoms with Gasteiger partial charge in [-0.25, -0.2) is 4.79 Å². The van der Waals surface area contributed by atoms with E-state index in [9.17, 15) is 14.4 Å². The molecule has 7 heteroatoms. The topological polar surface area (TPSA) is 78.9 Å². The number of carbonyl (C=O) groups is 3. The van der Waals surface area contributed by atoms with Crippen molar-refractivity contribution in [2.45, 2.75) is 32.9 Å². The molecule has 164 valence electrons. The van der Waals surface area contributed by atoms with Crippen molar-refractivity contribution in [3.8, 4) is 0 Å². The number of piperazine rings is 1. The number of esters is 1. The standard InChI is InChI=1S/C24H29N3O4/c1-17-8-7-9-20(16-17)22(28)25-18(2)24(30)31-19(3)23(29)27-14-12-26(13-15-27)21-10-5-4-6-11-21/h4-11,16,18-19H,12-15H2,1-3H3,(H,25,28)/t18-,19-/m1/s1. The Labute approximate surface area is 183 Å². The predicted octanol–water partition coefficient (Wildman–Crippen LogP) is 2.39. The molecule has 2 amide bonds. The number of para-hydroxylation sites is 1. The van der Waals surface area contributed by atoms with Crippen LogP contribution in [0.5, 0.6) is 0 Å². The van der Waals surface area contributed by atoms with E-state index in [1.807, 2.05) is 43.3 Å². The number of ether oxygens (including phenoxy) is 1. The summed E-state index contributed by atoms with van der Waals surface area (Å²) >= 11 is 0. The van der Waals surface area contributed by atoms with Gasteiger partial charge >= 0.3 is 5.97 Å². The highest BCUT2D eigenvalue weighted by atomic mass is 16.5. The van der Waals surface area contributed by atoms with Gasteiger partial charge in [-0.05, 0) is 45.0 Å². The summed E-state index contributed by atoms with van der Waals surface area (Å²) in [5, 5.41) is 2.63. The molecule has 0 saturated carbocycles. The largest absolute Gasteiger partial charge is 0.451 e. The van der Waals surface area contributed by atoms with Gasteiger partial charge in [-0.2, -0.15) is 0 Å². The van der Waals surface area contributed by atoms with E-state index in [0.717, 1.165) is 24.3 Å². The van der Waals surface area contributed by atoms with Crippen molar-refractivity contribution in [3.05, 3.63) is 65.7 Å². The van der Waals surface area contributed by atoms with Crippen LogP contribution in [0.1, 0.15) is 29.8 Å². The molecule has 3 rings (SSSR count). The molecule has 0 radical (unpaired) electrons. The lowest BCUT2D eigenvalue weighted by Gasteiger charge is -2.37. The average Bonchev–Trinajstić information content (AvgIpc) is 2.79. The Morgan fingerprint density at radius 2 is 1.61 bits per heavy atom. The Bertz CT molecular complexity index is 923. The first-order chi connectivity index (χ1) is 14.8. The zero-order chi connectivity index (χ0) is 22.4. The van der Waals surface area contributed by atoms with Crippen LogP contribution in [0.2, 0.25) is 0 Å². The van der Waals surface area contributed by atoms with E-state index in [-0.39, 0.29) is 11.8 Å². The number of amides is 2. The van der Waals surface area contributed by atoms with E-state index in [2.05, 4.69) is 10.2 Å². The minimum Gasteiger partial charge on any atom is -0.451 e. The van der Waals surface area contributed by atoms with Gasteiger partial charge < -0.3 is 19.9 Å². The highest BCUT2D eigenvalue weighted by molar-refractivity contribution is 5.97. The van der Waals surface area contributed by atoms with Gasteiger partial charge in [0.15, 0.2) is 6.10 Å². The summed E-state index contributed by atoms with van der Waals surface area (Å²) in [5.74, 6) is -1.22. The Hall–Kier alpha value is -3.35. The first-order valence-electron chi connectivity index (χ1n) is 10.5. The number of aryl methyl sites for hydroxylation is 1. The number of hydrogen-bond acceptors (Lipinski definition) is 5. The van der Waals surface area contributed by atoms with Gasteiger partial charge in [-0.15, -0.1) is 0 Å². The number of nitrogens with one attached hydrogen (secondary N) is 1. The van der Waals surface area contributed by atoms with Crippen molar-refractivity contribution in [1.29, 1.82) is 0 Å². The van der Waals surface area contributed by atoms with Crippen molar-refractivity contribution < 1.29 is 19.1 Å². The first-order valence-corrected chi connectivity index (χ1v) is 10.5. The van der Waals surface area contributed by atoms with Gasteiger partial charge in [0.1, 0.15) is 6.04 Å². The van der Waals surface area contributed by atoms with Crippen LogP contribution in [0, 0.1) is 6.92 Å². The second kappa shape index (κ2) is 10.1. The predicted molar refractivity (Wildman–Crippen MR) is 119 cm³/mol. The molecule has 0 unspecified atom stereocenters. The van der Waals surface area contributed by atoms with Gasteiger partial charge in [0.05, 0.1) is 0 Å². The molecule has 2 aromatic carbocycles. The fourth-order valence-electron chi connectivity index (χ4n) is 3.53. The summed E-state index contributed by atoms with van der Waals surface area (Å²) in [4.78, 5) is 41.4. The lowest BCUT2D eigenvalue weighted by Crippen LogP contribution is -2.52. The highest BCUT2D eigenvalue weighted by Gasteiger charge is 2.29. The van der Waals surface area contributed by atoms with Crippen LogP contribution < -0.4 is 10.2 Å². The van der Waals surface area contributed by atoms with E-state index >= 15 is 0 Å². The van der Waals surface area contributed by atoms with Crippen molar-refractivity contribution in [2.75, 3.05) is 31.1 Å². The maximum atomic E-state index is 12.7. The van der Waals surface area contributed by atoms with Crippen molar-refractivity contribution in [1.82, 2.24) is 10.2 Å². The third-order valence-electron chi connectivity index (χ3n) is 5.33. The lowest BCUT2D eigenvalue weighted by molar-refractivity contribution is -0.160. The van der Waals surface area contributed by atoms with Gasteiger partial charge in [0, 0.05) is 37.4 Å². The Balaban J connectivity index is 1.47. The normalized spacial score (nSPS) is 15.7. The molecule has 2 aromatic rings. The maximum Gasteiger partial charge on any atom is 0.329 e. The van der Waals surface area contributed by atoms with Crippen LogP contribution in [0.15, 0.2) is 54.6 Å². The summed E-state index contributed by atoms with van der Waals surface area (Å²) < 4.78 is 5.34. The number of benzene rings is 2. The minimum absolute atomic E-state index is 0.224. The molecule has 2 atom stereocenters. The minimum atomic E-state index is -0.908. The molecule has 0 spiro atoms. The third kappa shape index (κ3) is 5.84. The molecule has 1 aliphatic heterocycles. The second-order valence-electron chi connectivity index (χ2n) is 7.79. The zero-order valence-electron chi connectivity index (χ0n) is 18.2. The molecule has 0 bridgehead atoms. The van der Waals surface area contributed by atoms with E-state index < -0.39 is 18.1 Å². The Morgan fingerprint density at radius 1 is 0.935 bits per heavy atom. The number of anilines is 1. The number of nitrogens with zero attached hydrogens (tertiary/aromatic N) is 2. The summed E-state index contributed by atoms with van der Waals surface area (Å²) in [6.45, 7) is 7.58. The fraction of sp³-hybridized carbons (Fsp3) is 0.375. The van der Waals surface area contributed by atoms with Crippen LogP contribution >= 0.6 is 0 Å². The number of rotatable bonds is 6. The lowest BCUT2D eigenvalue weighted by atomic mass is 10.1. The van der Waals surface area contributed by atoms with Gasteiger partial charge in [-0.3, -0.25) is 9.59 Å². The summed E-state index contributed by atoms with van der Waals surface area (Å²) in [6.07, 6.45) is -0.908. The van der Waals surface area contributed by atoms with Crippen molar-refractivity contribution >= 4 is 23.5 Å². The van der Waals surface area contributed by atoms with Crippen LogP contribution in [0.4, 0.5) is 5.69 Å². The third-order valence-corrected chi connectivity index (χ3v) is 5.33. The Morgan fingerprint density at radius 3 is 2.26 bits per heavy atom. The molecule has 1 aliphatic rings. The monoisotopic (exact) mass is 423 g/mol. The summed E-state index contributed by atoms with van der Waals surface area (Å²) in [5.41, 5.74) is 2.56. The SMILES string of the molecule is Cc1cccc(C(=O)N[C@H](C)C(=O)O[C@H](C)C(=O)N2CCN(c3ccccc3)CC2)c1. The zero-order valence-corrected chi connectivity index (χ0v) is 18.2. The molecule has 0 aliphatic carbocycles. The summed E-state index contributed by atoms with van der Waals surface area (Å²) in [7, 11) is 0. The van der Waals surface area contributed by atoms with Crippen molar-refractivity contribution in [3.63, 3.8) is 0 Å². The van der Waals surface area contributed by atoms with Crippen LogP contribution in [-0.4, -0.2) is 61.0 Å². The molecular formula is C24H29N3O4. The molecular weight excluding hydrogens is 394 g/mol. The molecule has 1 fully saturated rings. The van der Waals surface area contributed by atoms with Crippen LogP contribution in [-0.2, 0) is 14.3 Å². The summed E-state index contributed by atoms with van der Waals surface area (Å²) in [6, 6.07) is 16.3. The van der Waals surface area contributed by atoms with E-state index in [1.54, 1.807) is 36.9 Å². The molecule has 0 aromatic heterocycles. The van der Waals surface area contributed by atoms with Gasteiger partial charge in [0.2, 0.25) is 0 Å². The second-order valence-corrected chi connectivity index (χ2v) is 7.79. The molecule has 1 saturated heterocycles. The molecule has 31 heavy (non-hydrogen) atoms. The smallest absolute Gasteiger partial charge is 0.329 e. The van der Waals surface area contributed by atoms with Crippen LogP contribution in [0.3, 0.4) is 0 Å².